The molecule has 0 fully saturated rings. The summed E-state index contributed by atoms with van der Waals surface area (Å²) in [5.74, 6) is 1.80. The zero-order valence-electron chi connectivity index (χ0n) is 15.9. The van der Waals surface area contributed by atoms with Crippen LogP contribution in [0, 0.1) is 22.7 Å². The molecule has 3 aromatic carbocycles. The number of nitrogen functional groups attached to an aromatic ring is 1. The molecule has 0 saturated carbocycles. The molecule has 29 heavy (non-hydrogen) atoms. The van der Waals surface area contributed by atoms with E-state index < -0.39 is 0 Å². The Kier molecular flexibility index (Phi) is 4.80. The van der Waals surface area contributed by atoms with E-state index in [9.17, 15) is 10.5 Å². The summed E-state index contributed by atoms with van der Waals surface area (Å²) in [5.41, 5.74) is 11.5. The van der Waals surface area contributed by atoms with Crippen LogP contribution in [0.3, 0.4) is 0 Å². The molecule has 0 aliphatic carbocycles. The third-order valence-electron chi connectivity index (χ3n) is 5.07. The molecule has 0 saturated heterocycles. The van der Waals surface area contributed by atoms with Crippen molar-refractivity contribution in [2.45, 2.75) is 10.6 Å². The van der Waals surface area contributed by atoms with Gasteiger partial charge in [-0.3, -0.25) is 0 Å². The molecular formula is C23H17N3O2S. The summed E-state index contributed by atoms with van der Waals surface area (Å²) in [7, 11) is 3.15. The number of nitrogens with two attached hydrogens (primary N) is 1. The van der Waals surface area contributed by atoms with Crippen LogP contribution in [0.5, 0.6) is 11.5 Å². The molecule has 0 radical (unpaired) electrons. The molecule has 5 nitrogen and oxygen atoms in total. The zero-order valence-corrected chi connectivity index (χ0v) is 16.8. The highest BCUT2D eigenvalue weighted by atomic mass is 32.2. The maximum absolute atomic E-state index is 9.90. The zero-order chi connectivity index (χ0) is 20.5. The largest absolute Gasteiger partial charge is 0.493 e. The first-order valence-electron chi connectivity index (χ1n) is 8.87. The Balaban J connectivity index is 2.11. The van der Waals surface area contributed by atoms with Crippen LogP contribution in [-0.4, -0.2) is 14.2 Å². The standard InChI is InChI=1S/C23H17N3O2S/c1-27-18-8-7-13(9-19(18)28-2)21-15(10-24)23(26)16(11-25)22-14-5-3-4-6-20(14)29-12-17(21)22/h3-9H,12,26H2,1-2H3. The number of hydrogen-bond acceptors (Lipinski definition) is 6. The molecule has 3 aromatic rings. The van der Waals surface area contributed by atoms with Crippen LogP contribution in [0.2, 0.25) is 0 Å². The number of nitriles is 2. The summed E-state index contributed by atoms with van der Waals surface area (Å²) >= 11 is 1.69. The molecule has 4 rings (SSSR count). The van der Waals surface area contributed by atoms with Gasteiger partial charge in [0.05, 0.1) is 31.0 Å². The summed E-state index contributed by atoms with van der Waals surface area (Å²) in [6, 6.07) is 17.9. The first-order chi connectivity index (χ1) is 14.1. The lowest BCUT2D eigenvalue weighted by Crippen LogP contribution is -2.08. The van der Waals surface area contributed by atoms with Gasteiger partial charge in [0, 0.05) is 21.8 Å². The number of nitrogens with zero attached hydrogens (tertiary/aromatic N) is 2. The van der Waals surface area contributed by atoms with Gasteiger partial charge >= 0.3 is 0 Å². The van der Waals surface area contributed by atoms with Crippen LogP contribution in [-0.2, 0) is 5.75 Å². The third kappa shape index (κ3) is 2.86. The van der Waals surface area contributed by atoms with E-state index in [2.05, 4.69) is 12.1 Å². The van der Waals surface area contributed by atoms with E-state index >= 15 is 0 Å². The molecule has 0 aromatic heterocycles. The molecule has 2 N–H and O–H groups in total. The lowest BCUT2D eigenvalue weighted by molar-refractivity contribution is 0.355. The van der Waals surface area contributed by atoms with Crippen LogP contribution in [0.1, 0.15) is 16.7 Å². The summed E-state index contributed by atoms with van der Waals surface area (Å²) in [5, 5.41) is 19.8. The molecule has 0 unspecified atom stereocenters. The number of fused-ring (bicyclic) bond motifs is 3. The monoisotopic (exact) mass is 399 g/mol. The quantitative estimate of drug-likeness (QED) is 0.625. The highest BCUT2D eigenvalue weighted by Gasteiger charge is 2.28. The number of hydrogen-bond donors (Lipinski definition) is 1. The molecule has 1 aliphatic heterocycles. The Bertz CT molecular complexity index is 1220. The maximum Gasteiger partial charge on any atom is 0.161 e. The Hall–Kier alpha value is -3.61. The fourth-order valence-corrected chi connectivity index (χ4v) is 4.84. The van der Waals surface area contributed by atoms with E-state index in [0.29, 0.717) is 28.4 Å². The SMILES string of the molecule is COc1ccc(-c2c(C#N)c(N)c(C#N)c3c2CSc2ccccc2-3)cc1OC. The van der Waals surface area contributed by atoms with E-state index in [1.54, 1.807) is 32.0 Å². The molecule has 0 spiro atoms. The van der Waals surface area contributed by atoms with Gasteiger partial charge in [-0.2, -0.15) is 10.5 Å². The predicted molar refractivity (Wildman–Crippen MR) is 114 cm³/mol. The van der Waals surface area contributed by atoms with Gasteiger partial charge in [-0.15, -0.1) is 11.8 Å². The van der Waals surface area contributed by atoms with E-state index in [1.165, 1.54) is 0 Å². The van der Waals surface area contributed by atoms with Crippen LogP contribution < -0.4 is 15.2 Å². The summed E-state index contributed by atoms with van der Waals surface area (Å²) in [4.78, 5) is 1.10. The smallest absolute Gasteiger partial charge is 0.161 e. The highest BCUT2D eigenvalue weighted by molar-refractivity contribution is 7.98. The Morgan fingerprint density at radius 1 is 0.931 bits per heavy atom. The first-order valence-corrected chi connectivity index (χ1v) is 9.86. The van der Waals surface area contributed by atoms with Crippen LogP contribution in [0.15, 0.2) is 47.4 Å². The van der Waals surface area contributed by atoms with Crippen LogP contribution in [0.25, 0.3) is 22.3 Å². The summed E-state index contributed by atoms with van der Waals surface area (Å²) < 4.78 is 10.8. The molecule has 1 aliphatic rings. The third-order valence-corrected chi connectivity index (χ3v) is 6.17. The van der Waals surface area contributed by atoms with Crippen molar-refractivity contribution in [3.8, 4) is 45.9 Å². The molecule has 6 heteroatoms. The fraction of sp³-hybridized carbons (Fsp3) is 0.130. The minimum absolute atomic E-state index is 0.209. The van der Waals surface area contributed by atoms with Crippen molar-refractivity contribution in [1.29, 1.82) is 10.5 Å². The molecular weight excluding hydrogens is 382 g/mol. The van der Waals surface area contributed by atoms with Crippen molar-refractivity contribution in [2.24, 2.45) is 0 Å². The van der Waals surface area contributed by atoms with Crippen molar-refractivity contribution in [3.63, 3.8) is 0 Å². The second kappa shape index (κ2) is 7.43. The Morgan fingerprint density at radius 2 is 1.62 bits per heavy atom. The summed E-state index contributed by atoms with van der Waals surface area (Å²) in [6.45, 7) is 0. The van der Waals surface area contributed by atoms with Crippen LogP contribution in [0.4, 0.5) is 5.69 Å². The number of rotatable bonds is 3. The lowest BCUT2D eigenvalue weighted by Gasteiger charge is -2.25. The van der Waals surface area contributed by atoms with Crippen molar-refractivity contribution in [3.05, 3.63) is 59.2 Å². The number of benzene rings is 3. The first kappa shape index (κ1) is 18.7. The second-order valence-corrected chi connectivity index (χ2v) is 7.49. The number of anilines is 1. The fourth-order valence-electron chi connectivity index (χ4n) is 3.75. The van der Waals surface area contributed by atoms with Gasteiger partial charge < -0.3 is 15.2 Å². The predicted octanol–water partition coefficient (Wildman–Crippen LogP) is 4.97. The lowest BCUT2D eigenvalue weighted by atomic mass is 9.84. The van der Waals surface area contributed by atoms with Crippen molar-refractivity contribution < 1.29 is 9.47 Å². The van der Waals surface area contributed by atoms with E-state index in [4.69, 9.17) is 15.2 Å². The topological polar surface area (TPSA) is 92.1 Å². The van der Waals surface area contributed by atoms with E-state index in [0.717, 1.165) is 32.7 Å². The van der Waals surface area contributed by atoms with Gasteiger partial charge in [-0.25, -0.2) is 0 Å². The highest BCUT2D eigenvalue weighted by Crippen LogP contribution is 2.50. The van der Waals surface area contributed by atoms with Gasteiger partial charge in [0.25, 0.3) is 0 Å². The average molecular weight is 399 g/mol. The minimum atomic E-state index is 0.209. The van der Waals surface area contributed by atoms with Crippen molar-refractivity contribution in [1.82, 2.24) is 0 Å². The van der Waals surface area contributed by atoms with Crippen LogP contribution >= 0.6 is 11.8 Å². The summed E-state index contributed by atoms with van der Waals surface area (Å²) in [6.07, 6.45) is 0. The normalized spacial score (nSPS) is 11.6. The Morgan fingerprint density at radius 3 is 2.31 bits per heavy atom. The Labute approximate surface area is 173 Å². The van der Waals surface area contributed by atoms with Gasteiger partial charge in [0.2, 0.25) is 0 Å². The van der Waals surface area contributed by atoms with Gasteiger partial charge in [0.1, 0.15) is 12.1 Å². The average Bonchev–Trinajstić information content (AvgIpc) is 2.77. The van der Waals surface area contributed by atoms with E-state index in [1.807, 2.05) is 36.4 Å². The molecule has 0 atom stereocenters. The van der Waals surface area contributed by atoms with Gasteiger partial charge in [-0.05, 0) is 34.9 Å². The molecule has 0 bridgehead atoms. The maximum atomic E-state index is 9.90. The van der Waals surface area contributed by atoms with Crippen molar-refractivity contribution >= 4 is 17.4 Å². The molecule has 0 amide bonds. The van der Waals surface area contributed by atoms with Gasteiger partial charge in [0.15, 0.2) is 11.5 Å². The van der Waals surface area contributed by atoms with Gasteiger partial charge in [-0.1, -0.05) is 24.3 Å². The molecule has 1 heterocycles. The van der Waals surface area contributed by atoms with E-state index in [-0.39, 0.29) is 5.69 Å². The molecule has 142 valence electrons. The number of ether oxygens (including phenoxy) is 2. The number of thioether (sulfide) groups is 1. The minimum Gasteiger partial charge on any atom is -0.493 e. The number of methoxy groups -OCH3 is 2. The van der Waals surface area contributed by atoms with Crippen molar-refractivity contribution in [2.75, 3.05) is 20.0 Å². The second-order valence-electron chi connectivity index (χ2n) is 6.47.